The van der Waals surface area contributed by atoms with Gasteiger partial charge in [-0.05, 0) is 45.0 Å². The topological polar surface area (TPSA) is 58.6 Å². The van der Waals surface area contributed by atoms with E-state index in [1.165, 1.54) is 0 Å². The van der Waals surface area contributed by atoms with Gasteiger partial charge in [0.05, 0.1) is 11.5 Å². The van der Waals surface area contributed by atoms with Gasteiger partial charge < -0.3 is 10.1 Å². The second-order valence-electron chi connectivity index (χ2n) is 5.20. The fourth-order valence-electron chi connectivity index (χ4n) is 2.50. The Morgan fingerprint density at radius 3 is 2.25 bits per heavy atom. The molecule has 2 rings (SSSR count). The van der Waals surface area contributed by atoms with E-state index in [-0.39, 0.29) is 12.1 Å². The maximum atomic E-state index is 12.6. The van der Waals surface area contributed by atoms with Crippen LogP contribution in [-0.2, 0) is 10.0 Å². The number of nitrogens with zero attached hydrogens (tertiary/aromatic N) is 1. The first-order valence-electron chi connectivity index (χ1n) is 6.92. The summed E-state index contributed by atoms with van der Waals surface area (Å²) >= 11 is 0. The van der Waals surface area contributed by atoms with Crippen molar-refractivity contribution in [1.29, 1.82) is 0 Å². The van der Waals surface area contributed by atoms with Gasteiger partial charge >= 0.3 is 0 Å². The molecule has 1 aliphatic heterocycles. The summed E-state index contributed by atoms with van der Waals surface area (Å²) in [6.45, 7) is 7.46. The minimum Gasteiger partial charge on any atom is -0.494 e. The summed E-state index contributed by atoms with van der Waals surface area (Å²) in [5.74, 6) is 0.688. The third kappa shape index (κ3) is 3.31. The predicted octanol–water partition coefficient (Wildman–Crippen LogP) is 1.46. The van der Waals surface area contributed by atoms with Gasteiger partial charge in [-0.25, -0.2) is 8.42 Å². The lowest BCUT2D eigenvalue weighted by Crippen LogP contribution is -2.55. The van der Waals surface area contributed by atoms with Gasteiger partial charge in [0.15, 0.2) is 0 Å². The first kappa shape index (κ1) is 15.3. The van der Waals surface area contributed by atoms with Crippen molar-refractivity contribution in [2.24, 2.45) is 0 Å². The smallest absolute Gasteiger partial charge is 0.243 e. The number of sulfonamides is 1. The summed E-state index contributed by atoms with van der Waals surface area (Å²) in [7, 11) is -3.42. The summed E-state index contributed by atoms with van der Waals surface area (Å²) in [5.41, 5.74) is 0. The third-order valence-corrected chi connectivity index (χ3v) is 5.14. The molecule has 1 aromatic carbocycles. The molecule has 0 aromatic heterocycles. The van der Waals surface area contributed by atoms with Gasteiger partial charge in [0.2, 0.25) is 10.0 Å². The van der Waals surface area contributed by atoms with Crippen molar-refractivity contribution in [3.63, 3.8) is 0 Å². The molecule has 112 valence electrons. The average Bonchev–Trinajstić information content (AvgIpc) is 2.38. The number of benzene rings is 1. The van der Waals surface area contributed by atoms with Crippen LogP contribution in [0.25, 0.3) is 0 Å². The van der Waals surface area contributed by atoms with E-state index in [2.05, 4.69) is 5.32 Å². The zero-order valence-corrected chi connectivity index (χ0v) is 13.0. The molecule has 0 amide bonds. The van der Waals surface area contributed by atoms with Gasteiger partial charge in [0.25, 0.3) is 0 Å². The molecule has 0 saturated carbocycles. The predicted molar refractivity (Wildman–Crippen MR) is 78.4 cm³/mol. The average molecular weight is 298 g/mol. The van der Waals surface area contributed by atoms with Gasteiger partial charge in [-0.2, -0.15) is 4.31 Å². The highest BCUT2D eigenvalue weighted by Crippen LogP contribution is 2.21. The van der Waals surface area contributed by atoms with Gasteiger partial charge in [0.1, 0.15) is 5.75 Å². The molecular weight excluding hydrogens is 276 g/mol. The van der Waals surface area contributed by atoms with Crippen LogP contribution in [0.15, 0.2) is 29.2 Å². The van der Waals surface area contributed by atoms with E-state index in [1.807, 2.05) is 20.8 Å². The van der Waals surface area contributed by atoms with Crippen molar-refractivity contribution in [2.75, 3.05) is 19.7 Å². The fourth-order valence-corrected chi connectivity index (χ4v) is 4.11. The van der Waals surface area contributed by atoms with E-state index >= 15 is 0 Å². The van der Waals surface area contributed by atoms with Crippen molar-refractivity contribution in [3.8, 4) is 5.75 Å². The Morgan fingerprint density at radius 1 is 1.20 bits per heavy atom. The summed E-state index contributed by atoms with van der Waals surface area (Å²) < 4.78 is 32.1. The van der Waals surface area contributed by atoms with Crippen LogP contribution in [-0.4, -0.2) is 44.5 Å². The summed E-state index contributed by atoms with van der Waals surface area (Å²) in [4.78, 5) is 0.322. The number of rotatable bonds is 4. The molecule has 0 unspecified atom stereocenters. The molecule has 1 aliphatic rings. The summed E-state index contributed by atoms with van der Waals surface area (Å²) in [6, 6.07) is 6.94. The van der Waals surface area contributed by atoms with Crippen molar-refractivity contribution >= 4 is 10.0 Å². The highest BCUT2D eigenvalue weighted by atomic mass is 32.2. The lowest BCUT2D eigenvalue weighted by atomic mass is 10.2. The van der Waals surface area contributed by atoms with Crippen molar-refractivity contribution in [3.05, 3.63) is 24.3 Å². The van der Waals surface area contributed by atoms with Crippen molar-refractivity contribution in [1.82, 2.24) is 9.62 Å². The van der Waals surface area contributed by atoms with Crippen LogP contribution < -0.4 is 10.1 Å². The van der Waals surface area contributed by atoms with Gasteiger partial charge in [0, 0.05) is 25.2 Å². The molecule has 0 aliphatic carbocycles. The minimum absolute atomic E-state index is 0.163. The number of hydrogen-bond acceptors (Lipinski definition) is 4. The van der Waals surface area contributed by atoms with Crippen LogP contribution in [0.5, 0.6) is 5.75 Å². The Labute approximate surface area is 121 Å². The van der Waals surface area contributed by atoms with E-state index in [9.17, 15) is 8.42 Å². The molecule has 1 N–H and O–H groups in total. The summed E-state index contributed by atoms with van der Waals surface area (Å²) in [5, 5.41) is 3.33. The number of ether oxygens (including phenoxy) is 1. The van der Waals surface area contributed by atoms with E-state index < -0.39 is 10.0 Å². The molecular formula is C14H22N2O3S. The lowest BCUT2D eigenvalue weighted by Gasteiger charge is -2.35. The first-order valence-corrected chi connectivity index (χ1v) is 8.36. The zero-order valence-electron chi connectivity index (χ0n) is 12.2. The molecule has 5 nitrogen and oxygen atoms in total. The van der Waals surface area contributed by atoms with Crippen LogP contribution in [0, 0.1) is 0 Å². The van der Waals surface area contributed by atoms with Gasteiger partial charge in [-0.1, -0.05) is 0 Å². The van der Waals surface area contributed by atoms with E-state index in [0.717, 1.165) is 0 Å². The maximum Gasteiger partial charge on any atom is 0.243 e. The van der Waals surface area contributed by atoms with Crippen molar-refractivity contribution < 1.29 is 13.2 Å². The summed E-state index contributed by atoms with van der Waals surface area (Å²) in [6.07, 6.45) is 0. The Morgan fingerprint density at radius 2 is 1.75 bits per heavy atom. The SMILES string of the molecule is CCOc1ccc(S(=O)(=O)N2C[C@@H](C)N[C@@H](C)C2)cc1. The first-order chi connectivity index (χ1) is 9.43. The normalized spacial score (nSPS) is 24.6. The maximum absolute atomic E-state index is 12.6. The molecule has 1 aromatic rings. The van der Waals surface area contributed by atoms with Crippen molar-refractivity contribution in [2.45, 2.75) is 37.8 Å². The molecule has 1 heterocycles. The van der Waals surface area contributed by atoms with Crippen LogP contribution in [0.3, 0.4) is 0 Å². The van der Waals surface area contributed by atoms with Crippen LogP contribution in [0.1, 0.15) is 20.8 Å². The molecule has 0 radical (unpaired) electrons. The highest BCUT2D eigenvalue weighted by molar-refractivity contribution is 7.89. The standard InChI is InChI=1S/C14H22N2O3S/c1-4-19-13-5-7-14(8-6-13)20(17,18)16-9-11(2)15-12(3)10-16/h5-8,11-12,15H,4,9-10H2,1-3H3/t11-,12+. The molecule has 6 heteroatoms. The Balaban J connectivity index is 2.21. The Hall–Kier alpha value is -1.11. The zero-order chi connectivity index (χ0) is 14.8. The quantitative estimate of drug-likeness (QED) is 0.914. The number of nitrogens with one attached hydrogen (secondary N) is 1. The molecule has 1 saturated heterocycles. The van der Waals surface area contributed by atoms with E-state index in [1.54, 1.807) is 28.6 Å². The molecule has 0 bridgehead atoms. The number of piperazine rings is 1. The molecule has 2 atom stereocenters. The van der Waals surface area contributed by atoms with Crippen LogP contribution >= 0.6 is 0 Å². The van der Waals surface area contributed by atoms with Crippen LogP contribution in [0.4, 0.5) is 0 Å². The van der Waals surface area contributed by atoms with E-state index in [0.29, 0.717) is 30.3 Å². The fraction of sp³-hybridized carbons (Fsp3) is 0.571. The highest BCUT2D eigenvalue weighted by Gasteiger charge is 2.31. The second kappa shape index (κ2) is 6.11. The Kier molecular flexibility index (Phi) is 4.67. The van der Waals surface area contributed by atoms with Crippen LogP contribution in [0.2, 0.25) is 0 Å². The molecule has 0 spiro atoms. The van der Waals surface area contributed by atoms with E-state index in [4.69, 9.17) is 4.74 Å². The largest absolute Gasteiger partial charge is 0.494 e. The number of hydrogen-bond donors (Lipinski definition) is 1. The minimum atomic E-state index is -3.42. The molecule has 1 fully saturated rings. The van der Waals surface area contributed by atoms with Gasteiger partial charge in [-0.15, -0.1) is 0 Å². The molecule has 20 heavy (non-hydrogen) atoms. The van der Waals surface area contributed by atoms with Gasteiger partial charge in [-0.3, -0.25) is 0 Å². The lowest BCUT2D eigenvalue weighted by molar-refractivity contribution is 0.263. The third-order valence-electron chi connectivity index (χ3n) is 3.30. The second-order valence-corrected chi connectivity index (χ2v) is 7.13. The Bertz CT molecular complexity index is 532. The monoisotopic (exact) mass is 298 g/mol.